The third kappa shape index (κ3) is 3.10. The van der Waals surface area contributed by atoms with Crippen LogP contribution in [0, 0.1) is 6.92 Å². The molecule has 4 aromatic rings. The Bertz CT molecular complexity index is 1040. The van der Waals surface area contributed by atoms with Crippen molar-refractivity contribution in [2.75, 3.05) is 5.32 Å². The van der Waals surface area contributed by atoms with Crippen LogP contribution < -0.4 is 5.32 Å². The average molecular weight is 394 g/mol. The number of nitrogens with zero attached hydrogens (tertiary/aromatic N) is 2. The first-order chi connectivity index (χ1) is 12.1. The Hall–Kier alpha value is -2.79. The van der Waals surface area contributed by atoms with Crippen molar-refractivity contribution in [1.29, 1.82) is 0 Å². The zero-order valence-electron chi connectivity index (χ0n) is 13.6. The number of halogens is 1. The van der Waals surface area contributed by atoms with E-state index in [-0.39, 0.29) is 5.75 Å². The number of pyridine rings is 1. The smallest absolute Gasteiger partial charge is 0.143 e. The molecule has 2 heterocycles. The molecule has 0 aliphatic rings. The molecule has 0 fully saturated rings. The van der Waals surface area contributed by atoms with Gasteiger partial charge in [-0.1, -0.05) is 17.7 Å². The van der Waals surface area contributed by atoms with E-state index in [1.54, 1.807) is 12.1 Å². The predicted molar refractivity (Wildman–Crippen MR) is 104 cm³/mol. The topological polar surface area (TPSA) is 49.6 Å². The van der Waals surface area contributed by atoms with Crippen molar-refractivity contribution in [1.82, 2.24) is 9.38 Å². The number of imidazole rings is 1. The van der Waals surface area contributed by atoms with E-state index in [1.807, 2.05) is 47.0 Å². The molecule has 0 bridgehead atoms. The third-order valence-corrected chi connectivity index (χ3v) is 4.51. The van der Waals surface area contributed by atoms with E-state index in [1.165, 1.54) is 5.56 Å². The summed E-state index contributed by atoms with van der Waals surface area (Å²) >= 11 is 3.53. The summed E-state index contributed by atoms with van der Waals surface area (Å²) in [6, 6.07) is 19.3. The summed E-state index contributed by atoms with van der Waals surface area (Å²) in [5.74, 6) is 1.12. The van der Waals surface area contributed by atoms with Crippen LogP contribution in [0.4, 0.5) is 11.5 Å². The summed E-state index contributed by atoms with van der Waals surface area (Å²) in [7, 11) is 0. The Balaban J connectivity index is 1.89. The molecule has 2 N–H and O–H groups in total. The maximum Gasteiger partial charge on any atom is 0.143 e. The fourth-order valence-electron chi connectivity index (χ4n) is 2.73. The van der Waals surface area contributed by atoms with Crippen LogP contribution in [0.1, 0.15) is 5.56 Å². The molecule has 5 heteroatoms. The van der Waals surface area contributed by atoms with Gasteiger partial charge in [0, 0.05) is 21.9 Å². The van der Waals surface area contributed by atoms with Crippen molar-refractivity contribution in [3.05, 3.63) is 76.9 Å². The van der Waals surface area contributed by atoms with Gasteiger partial charge in [-0.3, -0.25) is 4.40 Å². The predicted octanol–water partition coefficient (Wildman–Crippen LogP) is 5.52. The van der Waals surface area contributed by atoms with Gasteiger partial charge in [-0.2, -0.15) is 0 Å². The number of aromatic nitrogens is 2. The molecule has 0 aliphatic carbocycles. The molecule has 0 spiro atoms. The molecule has 2 aromatic heterocycles. The number of nitrogens with one attached hydrogen (secondary N) is 1. The summed E-state index contributed by atoms with van der Waals surface area (Å²) in [6.45, 7) is 2.07. The minimum atomic E-state index is 0.239. The summed E-state index contributed by atoms with van der Waals surface area (Å²) in [5.41, 5.74) is 4.82. The van der Waals surface area contributed by atoms with Crippen molar-refractivity contribution < 1.29 is 5.11 Å². The van der Waals surface area contributed by atoms with Crippen LogP contribution in [0.2, 0.25) is 0 Å². The van der Waals surface area contributed by atoms with Crippen molar-refractivity contribution in [2.45, 2.75) is 6.92 Å². The van der Waals surface area contributed by atoms with Crippen LogP contribution in [0.3, 0.4) is 0 Å². The summed E-state index contributed by atoms with van der Waals surface area (Å²) in [5, 5.41) is 13.0. The second-order valence-electron chi connectivity index (χ2n) is 5.92. The van der Waals surface area contributed by atoms with Crippen LogP contribution in [0.5, 0.6) is 5.75 Å². The number of hydrogen-bond donors (Lipinski definition) is 2. The van der Waals surface area contributed by atoms with Crippen molar-refractivity contribution in [3.8, 4) is 17.0 Å². The van der Waals surface area contributed by atoms with E-state index < -0.39 is 0 Å². The minimum absolute atomic E-state index is 0.239. The van der Waals surface area contributed by atoms with Gasteiger partial charge < -0.3 is 10.4 Å². The normalized spacial score (nSPS) is 11.0. The number of phenolic OH excluding ortho intramolecular Hbond substituents is 1. The molecule has 2 aromatic carbocycles. The van der Waals surface area contributed by atoms with E-state index >= 15 is 0 Å². The number of rotatable bonds is 3. The number of aryl methyl sites for hydroxylation is 1. The minimum Gasteiger partial charge on any atom is -0.508 e. The molecule has 4 nitrogen and oxygen atoms in total. The number of benzene rings is 2. The highest BCUT2D eigenvalue weighted by atomic mass is 79.9. The highest BCUT2D eigenvalue weighted by Crippen LogP contribution is 2.32. The molecule has 0 aliphatic heterocycles. The van der Waals surface area contributed by atoms with Crippen LogP contribution in [0.25, 0.3) is 16.9 Å². The summed E-state index contributed by atoms with van der Waals surface area (Å²) in [4.78, 5) is 4.77. The summed E-state index contributed by atoms with van der Waals surface area (Å²) in [6.07, 6.45) is 1.99. The van der Waals surface area contributed by atoms with Crippen LogP contribution in [-0.2, 0) is 0 Å². The second-order valence-corrected chi connectivity index (χ2v) is 6.84. The molecule has 4 rings (SSSR count). The Labute approximate surface area is 153 Å². The van der Waals surface area contributed by atoms with E-state index in [0.29, 0.717) is 0 Å². The fourth-order valence-corrected chi connectivity index (χ4v) is 3.07. The highest BCUT2D eigenvalue weighted by Gasteiger charge is 2.15. The van der Waals surface area contributed by atoms with Crippen molar-refractivity contribution in [2.24, 2.45) is 0 Å². The monoisotopic (exact) mass is 393 g/mol. The highest BCUT2D eigenvalue weighted by molar-refractivity contribution is 9.10. The van der Waals surface area contributed by atoms with Gasteiger partial charge in [0.15, 0.2) is 0 Å². The van der Waals surface area contributed by atoms with Gasteiger partial charge in [-0.05, 0) is 71.4 Å². The van der Waals surface area contributed by atoms with Gasteiger partial charge in [0.1, 0.15) is 22.9 Å². The Kier molecular flexibility index (Phi) is 3.93. The SMILES string of the molecule is Cc1ccc(Nc2c(-c3ccc(O)cc3)nc3ccc(Br)cn23)cc1. The van der Waals surface area contributed by atoms with Gasteiger partial charge in [-0.15, -0.1) is 0 Å². The third-order valence-electron chi connectivity index (χ3n) is 4.04. The molecular formula is C20H16BrN3O. The number of anilines is 2. The van der Waals surface area contributed by atoms with E-state index in [2.05, 4.69) is 40.3 Å². The molecule has 25 heavy (non-hydrogen) atoms. The van der Waals surface area contributed by atoms with Crippen LogP contribution in [-0.4, -0.2) is 14.5 Å². The molecule has 124 valence electrons. The lowest BCUT2D eigenvalue weighted by Gasteiger charge is -2.09. The maximum absolute atomic E-state index is 9.56. The zero-order valence-corrected chi connectivity index (χ0v) is 15.2. The lowest BCUT2D eigenvalue weighted by molar-refractivity contribution is 0.475. The first kappa shape index (κ1) is 15.7. The van der Waals surface area contributed by atoms with Crippen LogP contribution in [0.15, 0.2) is 71.3 Å². The maximum atomic E-state index is 9.56. The van der Waals surface area contributed by atoms with Gasteiger partial charge >= 0.3 is 0 Å². The fraction of sp³-hybridized carbons (Fsp3) is 0.0500. The van der Waals surface area contributed by atoms with Gasteiger partial charge in [-0.25, -0.2) is 4.98 Å². The summed E-state index contributed by atoms with van der Waals surface area (Å²) < 4.78 is 2.99. The Morgan fingerprint density at radius 1 is 0.960 bits per heavy atom. The average Bonchev–Trinajstić information content (AvgIpc) is 2.95. The lowest BCUT2D eigenvalue weighted by Crippen LogP contribution is -1.97. The zero-order chi connectivity index (χ0) is 17.4. The van der Waals surface area contributed by atoms with Crippen LogP contribution >= 0.6 is 15.9 Å². The molecule has 0 saturated carbocycles. The first-order valence-corrected chi connectivity index (χ1v) is 8.70. The number of fused-ring (bicyclic) bond motifs is 1. The van der Waals surface area contributed by atoms with Crippen molar-refractivity contribution >= 4 is 33.1 Å². The van der Waals surface area contributed by atoms with Crippen molar-refractivity contribution in [3.63, 3.8) is 0 Å². The van der Waals surface area contributed by atoms with E-state index in [4.69, 9.17) is 4.98 Å². The quantitative estimate of drug-likeness (QED) is 0.481. The first-order valence-electron chi connectivity index (χ1n) is 7.91. The van der Waals surface area contributed by atoms with Gasteiger partial charge in [0.05, 0.1) is 0 Å². The molecule has 0 saturated heterocycles. The molecular weight excluding hydrogens is 378 g/mol. The van der Waals surface area contributed by atoms with E-state index in [9.17, 15) is 5.11 Å². The lowest BCUT2D eigenvalue weighted by atomic mass is 10.1. The van der Waals surface area contributed by atoms with Gasteiger partial charge in [0.2, 0.25) is 0 Å². The number of phenols is 1. The van der Waals surface area contributed by atoms with Gasteiger partial charge in [0.25, 0.3) is 0 Å². The number of hydrogen-bond acceptors (Lipinski definition) is 3. The second kappa shape index (κ2) is 6.26. The molecule has 0 radical (unpaired) electrons. The largest absolute Gasteiger partial charge is 0.508 e. The molecule has 0 unspecified atom stereocenters. The molecule has 0 atom stereocenters. The Morgan fingerprint density at radius 2 is 1.68 bits per heavy atom. The standard InChI is InChI=1S/C20H16BrN3O/c1-13-2-7-16(8-3-13)22-20-19(14-4-9-17(25)10-5-14)23-18-11-6-15(21)12-24(18)20/h2-12,22,25H,1H3. The number of aromatic hydroxyl groups is 1. The Morgan fingerprint density at radius 3 is 2.40 bits per heavy atom. The van der Waals surface area contributed by atoms with E-state index in [0.717, 1.165) is 32.9 Å². The molecule has 0 amide bonds.